The van der Waals surface area contributed by atoms with Crippen LogP contribution < -0.4 is 10.6 Å². The maximum Gasteiger partial charge on any atom is 0.269 e. The first-order chi connectivity index (χ1) is 16.4. The van der Waals surface area contributed by atoms with Gasteiger partial charge in [-0.2, -0.15) is 4.98 Å². The van der Waals surface area contributed by atoms with E-state index in [1.807, 2.05) is 55.6 Å². The molecule has 1 unspecified atom stereocenters. The van der Waals surface area contributed by atoms with Crippen LogP contribution in [0.4, 0.5) is 17.3 Å². The van der Waals surface area contributed by atoms with Crippen LogP contribution in [0.3, 0.4) is 0 Å². The Morgan fingerprint density at radius 1 is 1.12 bits per heavy atom. The predicted octanol–water partition coefficient (Wildman–Crippen LogP) is 5.15. The molecule has 0 bridgehead atoms. The van der Waals surface area contributed by atoms with E-state index in [9.17, 15) is 14.9 Å². The quantitative estimate of drug-likeness (QED) is 0.307. The van der Waals surface area contributed by atoms with Crippen LogP contribution in [0.1, 0.15) is 23.4 Å². The molecular weight excluding hydrogens is 452 g/mol. The van der Waals surface area contributed by atoms with Gasteiger partial charge >= 0.3 is 0 Å². The first-order valence-electron chi connectivity index (χ1n) is 10.5. The number of para-hydroxylation sites is 1. The summed E-state index contributed by atoms with van der Waals surface area (Å²) in [6, 6.07) is 16.9. The van der Waals surface area contributed by atoms with E-state index in [-0.39, 0.29) is 11.6 Å². The molecule has 5 rings (SSSR count). The summed E-state index contributed by atoms with van der Waals surface area (Å²) in [5.41, 5.74) is 3.61. The SMILES string of the molecule is CC1=C(C(=O)Nc2ccccc2)C(c2sccc2C)n2nc(-c3ccc([N+](=O)[O-])cc3)nc2N1. The number of benzene rings is 2. The first kappa shape index (κ1) is 21.5. The number of fused-ring (bicyclic) bond motifs is 1. The summed E-state index contributed by atoms with van der Waals surface area (Å²) in [4.78, 5) is 29.6. The molecule has 1 atom stereocenters. The van der Waals surface area contributed by atoms with Crippen molar-refractivity contribution in [2.75, 3.05) is 10.6 Å². The van der Waals surface area contributed by atoms with Gasteiger partial charge in [-0.05, 0) is 55.1 Å². The lowest BCUT2D eigenvalue weighted by Gasteiger charge is -2.28. The van der Waals surface area contributed by atoms with Crippen molar-refractivity contribution >= 4 is 34.6 Å². The molecule has 170 valence electrons. The molecule has 1 aliphatic heterocycles. The van der Waals surface area contributed by atoms with Crippen LogP contribution in [0.25, 0.3) is 11.4 Å². The van der Waals surface area contributed by atoms with E-state index >= 15 is 0 Å². The van der Waals surface area contributed by atoms with Gasteiger partial charge in [0.05, 0.1) is 10.5 Å². The lowest BCUT2D eigenvalue weighted by Crippen LogP contribution is -2.31. The summed E-state index contributed by atoms with van der Waals surface area (Å²) >= 11 is 1.55. The third-order valence-electron chi connectivity index (χ3n) is 5.62. The van der Waals surface area contributed by atoms with Gasteiger partial charge < -0.3 is 10.6 Å². The number of hydrogen-bond acceptors (Lipinski definition) is 7. The maximum atomic E-state index is 13.5. The lowest BCUT2D eigenvalue weighted by atomic mass is 9.99. The Bertz CT molecular complexity index is 1420. The summed E-state index contributed by atoms with van der Waals surface area (Å²) < 4.78 is 1.71. The second-order valence-corrected chi connectivity index (χ2v) is 8.81. The van der Waals surface area contributed by atoms with Gasteiger partial charge in [0.15, 0.2) is 5.82 Å². The maximum absolute atomic E-state index is 13.5. The second kappa shape index (κ2) is 8.56. The van der Waals surface area contributed by atoms with Crippen molar-refractivity contribution in [3.8, 4) is 11.4 Å². The molecule has 0 saturated heterocycles. The van der Waals surface area contributed by atoms with E-state index in [0.29, 0.717) is 34.3 Å². The molecule has 3 heterocycles. The van der Waals surface area contributed by atoms with Gasteiger partial charge in [0.2, 0.25) is 5.95 Å². The number of thiophene rings is 1. The number of carbonyl (C=O) groups is 1. The molecule has 4 aromatic rings. The zero-order valence-electron chi connectivity index (χ0n) is 18.4. The standard InChI is InChI=1S/C24H20N6O3S/c1-14-12-13-34-21(14)20-19(23(31)26-17-6-4-3-5-7-17)15(2)25-24-27-22(28-29(20)24)16-8-10-18(11-9-16)30(32)33/h3-13,20H,1-2H3,(H,26,31)(H,25,27,28). The number of amides is 1. The monoisotopic (exact) mass is 472 g/mol. The van der Waals surface area contributed by atoms with Gasteiger partial charge in [-0.1, -0.05) is 18.2 Å². The van der Waals surface area contributed by atoms with Gasteiger partial charge in [0, 0.05) is 34.0 Å². The van der Waals surface area contributed by atoms with E-state index in [4.69, 9.17) is 5.10 Å². The summed E-state index contributed by atoms with van der Waals surface area (Å²) in [6.45, 7) is 3.85. The number of nitro groups is 1. The Morgan fingerprint density at radius 3 is 2.50 bits per heavy atom. The molecule has 0 spiro atoms. The number of allylic oxidation sites excluding steroid dienone is 1. The van der Waals surface area contributed by atoms with Crippen LogP contribution in [-0.2, 0) is 4.79 Å². The molecule has 34 heavy (non-hydrogen) atoms. The highest BCUT2D eigenvalue weighted by Gasteiger charge is 2.36. The number of carbonyl (C=O) groups excluding carboxylic acids is 1. The average molecular weight is 473 g/mol. The molecule has 9 nitrogen and oxygen atoms in total. The molecule has 0 fully saturated rings. The number of rotatable bonds is 5. The van der Waals surface area contributed by atoms with Crippen molar-refractivity contribution in [3.05, 3.63) is 97.9 Å². The van der Waals surface area contributed by atoms with E-state index < -0.39 is 11.0 Å². The van der Waals surface area contributed by atoms with Gasteiger partial charge in [-0.15, -0.1) is 16.4 Å². The van der Waals surface area contributed by atoms with E-state index in [0.717, 1.165) is 10.4 Å². The Kier molecular flexibility index (Phi) is 5.42. The average Bonchev–Trinajstić information content (AvgIpc) is 3.44. The van der Waals surface area contributed by atoms with E-state index in [1.54, 1.807) is 28.2 Å². The smallest absolute Gasteiger partial charge is 0.269 e. The Morgan fingerprint density at radius 2 is 1.85 bits per heavy atom. The second-order valence-electron chi connectivity index (χ2n) is 7.86. The van der Waals surface area contributed by atoms with Crippen LogP contribution in [-0.4, -0.2) is 25.6 Å². The molecule has 0 radical (unpaired) electrons. The normalized spacial score (nSPS) is 14.9. The molecule has 2 aromatic carbocycles. The van der Waals surface area contributed by atoms with Crippen molar-refractivity contribution in [1.29, 1.82) is 0 Å². The minimum absolute atomic E-state index is 0.00434. The van der Waals surface area contributed by atoms with Gasteiger partial charge in [0.1, 0.15) is 6.04 Å². The lowest BCUT2D eigenvalue weighted by molar-refractivity contribution is -0.384. The third kappa shape index (κ3) is 3.84. The first-order valence-corrected chi connectivity index (χ1v) is 11.4. The van der Waals surface area contributed by atoms with E-state index in [2.05, 4.69) is 15.6 Å². The fraction of sp³-hybridized carbons (Fsp3) is 0.125. The van der Waals surface area contributed by atoms with Gasteiger partial charge in [-0.3, -0.25) is 14.9 Å². The highest BCUT2D eigenvalue weighted by Crippen LogP contribution is 2.40. The summed E-state index contributed by atoms with van der Waals surface area (Å²) in [5, 5.41) is 23.9. The van der Waals surface area contributed by atoms with Gasteiger partial charge in [0.25, 0.3) is 11.6 Å². The number of nitrogens with zero attached hydrogens (tertiary/aromatic N) is 4. The van der Waals surface area contributed by atoms with Crippen LogP contribution >= 0.6 is 11.3 Å². The molecule has 2 aromatic heterocycles. The van der Waals surface area contributed by atoms with Crippen molar-refractivity contribution in [1.82, 2.24) is 14.8 Å². The zero-order valence-corrected chi connectivity index (χ0v) is 19.2. The zero-order chi connectivity index (χ0) is 23.8. The van der Waals surface area contributed by atoms with Crippen LogP contribution in [0.15, 0.2) is 77.3 Å². The molecule has 2 N–H and O–H groups in total. The number of anilines is 2. The van der Waals surface area contributed by atoms with E-state index in [1.165, 1.54) is 12.1 Å². The number of non-ortho nitro benzene ring substituents is 1. The van der Waals surface area contributed by atoms with Crippen molar-refractivity contribution in [2.45, 2.75) is 19.9 Å². The molecule has 0 aliphatic carbocycles. The highest BCUT2D eigenvalue weighted by atomic mass is 32.1. The Hall–Kier alpha value is -4.31. The molecule has 1 amide bonds. The van der Waals surface area contributed by atoms with Crippen molar-refractivity contribution in [3.63, 3.8) is 0 Å². The molecule has 0 saturated carbocycles. The highest BCUT2D eigenvalue weighted by molar-refractivity contribution is 7.10. The minimum atomic E-state index is -0.473. The Labute approximate surface area is 198 Å². The topological polar surface area (TPSA) is 115 Å². The third-order valence-corrected chi connectivity index (χ3v) is 6.69. The summed E-state index contributed by atoms with van der Waals surface area (Å²) in [7, 11) is 0. The van der Waals surface area contributed by atoms with Gasteiger partial charge in [-0.25, -0.2) is 4.68 Å². The molecule has 10 heteroatoms. The number of nitro benzene ring substituents is 1. The Balaban J connectivity index is 1.57. The summed E-state index contributed by atoms with van der Waals surface area (Å²) in [5.74, 6) is 0.682. The largest absolute Gasteiger partial charge is 0.328 e. The summed E-state index contributed by atoms with van der Waals surface area (Å²) in [6.07, 6.45) is 0. The predicted molar refractivity (Wildman–Crippen MR) is 131 cm³/mol. The number of aromatic nitrogens is 3. The molecule has 1 aliphatic rings. The van der Waals surface area contributed by atoms with Crippen molar-refractivity contribution < 1.29 is 9.72 Å². The van der Waals surface area contributed by atoms with Crippen molar-refractivity contribution in [2.24, 2.45) is 0 Å². The fourth-order valence-corrected chi connectivity index (χ4v) is 4.95. The molecular formula is C24H20N6O3S. The number of nitrogens with one attached hydrogen (secondary N) is 2. The number of aryl methyl sites for hydroxylation is 1. The minimum Gasteiger partial charge on any atom is -0.328 e. The van der Waals surface area contributed by atoms with Crippen LogP contribution in [0.2, 0.25) is 0 Å². The van der Waals surface area contributed by atoms with Crippen LogP contribution in [0.5, 0.6) is 0 Å². The number of hydrogen-bond donors (Lipinski definition) is 2. The fourth-order valence-electron chi connectivity index (χ4n) is 3.93. The van der Waals surface area contributed by atoms with Crippen LogP contribution in [0, 0.1) is 17.0 Å².